The average Bonchev–Trinajstić information content (AvgIpc) is 3.40. The van der Waals surface area contributed by atoms with Crippen LogP contribution in [-0.4, -0.2) is 93.4 Å². The van der Waals surface area contributed by atoms with Gasteiger partial charge in [-0.3, -0.25) is 34.4 Å². The van der Waals surface area contributed by atoms with Gasteiger partial charge in [0.05, 0.1) is 30.6 Å². The molecule has 1 amide bonds. The standard InChI is InChI=1S/C33H47FN2O11/c1-29(2)46-26-17-23-22-10-9-20-16-21(37)11-13-30(20,3)32(22,34)24(38)18-31(23,4)33(26,47-29)25(39)19-44-28(41)12-14-35-27(40)8-6-5-7-15-45-36(42)43/h11,13,16,22-24,26,38,42-43H,5-10,12,14-15,17-19H2,1-4H3,(H,35,40)/t22-,23-,24-,26+,30-,31-,32-,33+/m0/s1. The number of aliphatic hydroxyl groups is 1. The van der Waals surface area contributed by atoms with Crippen molar-refractivity contribution >= 4 is 23.4 Å². The third kappa shape index (κ3) is 6.11. The number of hydrogen-bond donors (Lipinski definition) is 4. The number of alkyl halides is 1. The van der Waals surface area contributed by atoms with Crippen LogP contribution in [0.25, 0.3) is 0 Å². The van der Waals surface area contributed by atoms with Crippen LogP contribution in [0.3, 0.4) is 0 Å². The van der Waals surface area contributed by atoms with Crippen LogP contribution in [0.4, 0.5) is 4.39 Å². The van der Waals surface area contributed by atoms with Crippen LogP contribution in [0, 0.1) is 22.7 Å². The molecule has 0 aromatic carbocycles. The number of Topliss-reactive ketones (excluding diaryl/α,β-unsaturated/α-hetero) is 1. The van der Waals surface area contributed by atoms with Crippen LogP contribution >= 0.6 is 0 Å². The normalized spacial score (nSPS) is 38.2. The third-order valence-corrected chi connectivity index (χ3v) is 11.3. The molecule has 0 radical (unpaired) electrons. The van der Waals surface area contributed by atoms with Crippen LogP contribution in [0.5, 0.6) is 0 Å². The van der Waals surface area contributed by atoms with Crippen LogP contribution in [0.2, 0.25) is 0 Å². The number of allylic oxidation sites excluding steroid dienone is 4. The van der Waals surface area contributed by atoms with Crippen LogP contribution in [0.1, 0.15) is 85.5 Å². The Bertz CT molecular complexity index is 1340. The van der Waals surface area contributed by atoms with Gasteiger partial charge in [-0.05, 0) is 77.4 Å². The van der Waals surface area contributed by atoms with Crippen molar-refractivity contribution < 1.29 is 58.1 Å². The summed E-state index contributed by atoms with van der Waals surface area (Å²) in [5.74, 6) is -3.87. The lowest BCUT2D eigenvalue weighted by molar-refractivity contribution is -0.492. The first kappa shape index (κ1) is 35.7. The fourth-order valence-corrected chi connectivity index (χ4v) is 9.24. The van der Waals surface area contributed by atoms with E-state index >= 15 is 4.39 Å². The van der Waals surface area contributed by atoms with Gasteiger partial charge in [0.25, 0.3) is 0 Å². The summed E-state index contributed by atoms with van der Waals surface area (Å²) in [7, 11) is 0. The number of esters is 1. The lowest BCUT2D eigenvalue weighted by Crippen LogP contribution is -2.70. The molecule has 47 heavy (non-hydrogen) atoms. The second kappa shape index (κ2) is 13.0. The molecule has 8 atom stereocenters. The summed E-state index contributed by atoms with van der Waals surface area (Å²) in [6, 6.07) is 0. The Morgan fingerprint density at radius 1 is 1.11 bits per heavy atom. The molecule has 0 aromatic heterocycles. The Balaban J connectivity index is 1.22. The van der Waals surface area contributed by atoms with Crippen molar-refractivity contribution in [3.8, 4) is 0 Å². The Hall–Kier alpha value is -2.59. The van der Waals surface area contributed by atoms with Crippen molar-refractivity contribution in [2.45, 2.75) is 115 Å². The summed E-state index contributed by atoms with van der Waals surface area (Å²) in [5.41, 5.74) is -5.23. The molecule has 5 aliphatic rings. The second-order valence-electron chi connectivity index (χ2n) is 14.4. The lowest BCUT2D eigenvalue weighted by atomic mass is 9.44. The van der Waals surface area contributed by atoms with Crippen molar-refractivity contribution in [1.29, 1.82) is 0 Å². The second-order valence-corrected chi connectivity index (χ2v) is 14.4. The van der Waals surface area contributed by atoms with Gasteiger partial charge in [0.2, 0.25) is 11.7 Å². The zero-order valence-corrected chi connectivity index (χ0v) is 27.5. The Morgan fingerprint density at radius 2 is 1.85 bits per heavy atom. The highest BCUT2D eigenvalue weighted by atomic mass is 19.1. The van der Waals surface area contributed by atoms with E-state index in [9.17, 15) is 24.3 Å². The number of unbranched alkanes of at least 4 members (excludes halogenated alkanes) is 2. The van der Waals surface area contributed by atoms with Crippen LogP contribution in [0.15, 0.2) is 23.8 Å². The highest BCUT2D eigenvalue weighted by Gasteiger charge is 2.80. The molecule has 4 aliphatic carbocycles. The summed E-state index contributed by atoms with van der Waals surface area (Å²) in [6.45, 7) is 6.46. The fourth-order valence-electron chi connectivity index (χ4n) is 9.24. The number of hydrogen-bond acceptors (Lipinski definition) is 12. The van der Waals surface area contributed by atoms with Gasteiger partial charge >= 0.3 is 5.97 Å². The van der Waals surface area contributed by atoms with E-state index in [2.05, 4.69) is 10.2 Å². The molecule has 5 rings (SSSR count). The van der Waals surface area contributed by atoms with E-state index in [1.807, 2.05) is 6.92 Å². The van der Waals surface area contributed by atoms with Gasteiger partial charge in [-0.25, -0.2) is 4.39 Å². The molecule has 1 heterocycles. The van der Waals surface area contributed by atoms with E-state index in [-0.39, 0.29) is 49.5 Å². The number of fused-ring (bicyclic) bond motifs is 7. The third-order valence-electron chi connectivity index (χ3n) is 11.3. The van der Waals surface area contributed by atoms with Gasteiger partial charge in [0.15, 0.2) is 29.4 Å². The molecule has 262 valence electrons. The number of ketones is 2. The topological polar surface area (TPSA) is 181 Å². The fraction of sp³-hybridized carbons (Fsp3) is 0.758. The summed E-state index contributed by atoms with van der Waals surface area (Å²) in [5, 5.41) is 30.9. The van der Waals surface area contributed by atoms with E-state index in [4.69, 9.17) is 24.6 Å². The molecule has 4 N–H and O–H groups in total. The zero-order chi connectivity index (χ0) is 34.4. The highest BCUT2D eigenvalue weighted by Crippen LogP contribution is 2.72. The van der Waals surface area contributed by atoms with Crippen molar-refractivity contribution in [3.05, 3.63) is 23.8 Å². The number of carbonyl (C=O) groups is 4. The number of nitrogens with zero attached hydrogens (tertiary/aromatic N) is 1. The predicted octanol–water partition coefficient (Wildman–Crippen LogP) is 3.05. The lowest BCUT2D eigenvalue weighted by Gasteiger charge is -2.62. The number of amides is 1. The number of halogens is 1. The maximum absolute atomic E-state index is 17.6. The van der Waals surface area contributed by atoms with E-state index in [1.165, 1.54) is 12.2 Å². The zero-order valence-electron chi connectivity index (χ0n) is 27.5. The predicted molar refractivity (Wildman–Crippen MR) is 160 cm³/mol. The van der Waals surface area contributed by atoms with Gasteiger partial charge in [-0.1, -0.05) is 25.0 Å². The summed E-state index contributed by atoms with van der Waals surface area (Å²) in [4.78, 5) is 55.4. The molecular formula is C33H47FN2O11. The number of ether oxygens (including phenoxy) is 3. The molecule has 0 aromatic rings. The minimum absolute atomic E-state index is 0.0147. The first-order chi connectivity index (χ1) is 22.0. The summed E-state index contributed by atoms with van der Waals surface area (Å²) < 4.78 is 35.7. The molecule has 0 spiro atoms. The number of carbonyl (C=O) groups excluding carboxylic acids is 4. The molecule has 14 heteroatoms. The molecule has 4 fully saturated rings. The average molecular weight is 667 g/mol. The van der Waals surface area contributed by atoms with Crippen molar-refractivity contribution in [1.82, 2.24) is 10.7 Å². The SMILES string of the molecule is CC1(C)O[C@@H]2C[C@H]3[C@@H]4CCC5=CC(=O)C=C[C@]5(C)[C@@]4(F)[C@@H](O)C[C@]3(C)[C@]2(C(=O)COC(=O)CCNC(=O)CCCCCON(O)O)O1. The Labute approximate surface area is 273 Å². The monoisotopic (exact) mass is 666 g/mol. The Kier molecular flexibility index (Phi) is 9.90. The minimum Gasteiger partial charge on any atom is -0.457 e. The van der Waals surface area contributed by atoms with Crippen molar-refractivity contribution in [2.75, 3.05) is 19.8 Å². The first-order valence-corrected chi connectivity index (χ1v) is 16.5. The highest BCUT2D eigenvalue weighted by molar-refractivity contribution is 6.01. The maximum atomic E-state index is 17.6. The van der Waals surface area contributed by atoms with Crippen LogP contribution < -0.4 is 5.32 Å². The first-order valence-electron chi connectivity index (χ1n) is 16.5. The van der Waals surface area contributed by atoms with Crippen molar-refractivity contribution in [3.63, 3.8) is 0 Å². The van der Waals surface area contributed by atoms with E-state index in [0.717, 1.165) is 0 Å². The maximum Gasteiger partial charge on any atom is 0.308 e. The van der Waals surface area contributed by atoms with E-state index in [0.29, 0.717) is 44.1 Å². The van der Waals surface area contributed by atoms with Gasteiger partial charge in [0, 0.05) is 29.7 Å². The number of nitrogens with one attached hydrogen (secondary N) is 1. The molecule has 3 saturated carbocycles. The minimum atomic E-state index is -2.08. The molecule has 13 nitrogen and oxygen atoms in total. The smallest absolute Gasteiger partial charge is 0.308 e. The molecule has 1 saturated heterocycles. The van der Waals surface area contributed by atoms with Crippen molar-refractivity contribution in [2.24, 2.45) is 22.7 Å². The van der Waals surface area contributed by atoms with Gasteiger partial charge in [0.1, 0.15) is 0 Å². The number of aliphatic hydroxyl groups excluding tert-OH is 1. The summed E-state index contributed by atoms with van der Waals surface area (Å²) >= 11 is 0. The van der Waals surface area contributed by atoms with Gasteiger partial charge in [-0.2, -0.15) is 0 Å². The molecule has 1 aliphatic heterocycles. The largest absolute Gasteiger partial charge is 0.457 e. The molecular weight excluding hydrogens is 619 g/mol. The quantitative estimate of drug-likeness (QED) is 0.128. The van der Waals surface area contributed by atoms with Gasteiger partial charge in [-0.15, -0.1) is 0 Å². The van der Waals surface area contributed by atoms with E-state index in [1.54, 1.807) is 26.8 Å². The van der Waals surface area contributed by atoms with Crippen LogP contribution in [-0.2, 0) is 38.2 Å². The van der Waals surface area contributed by atoms with Gasteiger partial charge < -0.3 is 24.6 Å². The number of rotatable bonds is 13. The van der Waals surface area contributed by atoms with E-state index < -0.39 is 70.3 Å². The molecule has 0 bridgehead atoms. The summed E-state index contributed by atoms with van der Waals surface area (Å²) in [6.07, 6.45) is 5.03. The Morgan fingerprint density at radius 3 is 2.57 bits per heavy atom. The molecule has 0 unspecified atom stereocenters.